The molecule has 0 aromatic heterocycles. The van der Waals surface area contributed by atoms with Gasteiger partial charge in [0.1, 0.15) is 12.1 Å². The number of fused-ring (bicyclic) bond motifs is 1. The van der Waals surface area contributed by atoms with E-state index >= 15 is 0 Å². The largest absolute Gasteiger partial charge is 0.346 e. The maximum atomic E-state index is 14.8. The Hall–Kier alpha value is -3.00. The van der Waals surface area contributed by atoms with Crippen LogP contribution in [0.4, 0.5) is 4.79 Å². The number of hydrogen-bond donors (Lipinski definition) is 4. The van der Waals surface area contributed by atoms with E-state index in [4.69, 9.17) is 0 Å². The summed E-state index contributed by atoms with van der Waals surface area (Å²) in [6.07, 6.45) is 6.83. The van der Waals surface area contributed by atoms with Gasteiger partial charge in [-0.3, -0.25) is 19.2 Å². The van der Waals surface area contributed by atoms with Gasteiger partial charge in [0.2, 0.25) is 27.6 Å². The molecule has 2 saturated heterocycles. The maximum Gasteiger partial charge on any atom is 0.315 e. The van der Waals surface area contributed by atoms with Gasteiger partial charge < -0.3 is 26.2 Å². The molecule has 2 saturated carbocycles. The van der Waals surface area contributed by atoms with Crippen molar-refractivity contribution in [3.63, 3.8) is 0 Å². The van der Waals surface area contributed by atoms with E-state index in [1.165, 1.54) is 10.4 Å². The SMILES string of the molecule is C=CCNC(=O)C(=O)C(CCC)NC(=O)[C@@H]1[C@@H]2[C@H](CN1C(=O)[C@@H](NC(=O)N[C@H]([C@H]1CCN(C)S1(=O)=O)C(C)(C)C)C1(C)CCCCC1)C2(C)C. The number of urea groups is 1. The Balaban J connectivity index is 1.61. The van der Waals surface area contributed by atoms with Crippen molar-refractivity contribution >= 4 is 39.6 Å². The Morgan fingerprint density at radius 1 is 1.00 bits per heavy atom. The predicted molar refractivity (Wildman–Crippen MR) is 191 cm³/mol. The number of carbonyl (C=O) groups excluding carboxylic acids is 5. The molecule has 0 radical (unpaired) electrons. The van der Waals surface area contributed by atoms with Crippen molar-refractivity contribution in [2.75, 3.05) is 26.7 Å². The van der Waals surface area contributed by atoms with Gasteiger partial charge in [-0.05, 0) is 53.8 Å². The van der Waals surface area contributed by atoms with Crippen LogP contribution in [0.15, 0.2) is 12.7 Å². The summed E-state index contributed by atoms with van der Waals surface area (Å²) in [5.41, 5.74) is -1.41. The lowest BCUT2D eigenvalue weighted by Crippen LogP contribution is -2.64. The van der Waals surface area contributed by atoms with Crippen molar-refractivity contribution in [2.45, 2.75) is 129 Å². The first kappa shape index (κ1) is 39.8. The summed E-state index contributed by atoms with van der Waals surface area (Å²) in [5.74, 6) is -2.50. The first-order valence-corrected chi connectivity index (χ1v) is 19.8. The van der Waals surface area contributed by atoms with E-state index < -0.39 is 73.9 Å². The first-order valence-electron chi connectivity index (χ1n) is 18.3. The summed E-state index contributed by atoms with van der Waals surface area (Å²) < 4.78 is 27.7. The summed E-state index contributed by atoms with van der Waals surface area (Å²) >= 11 is 0. The van der Waals surface area contributed by atoms with Crippen molar-refractivity contribution in [2.24, 2.45) is 28.1 Å². The lowest BCUT2D eigenvalue weighted by molar-refractivity contribution is -0.146. The molecule has 1 unspecified atom stereocenters. The molecular formula is C36H60N6O7S. The Morgan fingerprint density at radius 2 is 1.64 bits per heavy atom. The fourth-order valence-corrected chi connectivity index (χ4v) is 10.8. The van der Waals surface area contributed by atoms with E-state index in [0.717, 1.165) is 19.3 Å². The van der Waals surface area contributed by atoms with E-state index in [9.17, 15) is 32.4 Å². The van der Waals surface area contributed by atoms with Gasteiger partial charge in [-0.2, -0.15) is 0 Å². The van der Waals surface area contributed by atoms with E-state index in [2.05, 4.69) is 41.7 Å². The summed E-state index contributed by atoms with van der Waals surface area (Å²) in [4.78, 5) is 70.0. The maximum absolute atomic E-state index is 14.8. The summed E-state index contributed by atoms with van der Waals surface area (Å²) in [6, 6.07) is -4.25. The zero-order valence-corrected chi connectivity index (χ0v) is 32.1. The molecule has 13 nitrogen and oxygen atoms in total. The normalized spacial score (nSPS) is 28.4. The van der Waals surface area contributed by atoms with Crippen LogP contribution >= 0.6 is 0 Å². The second-order valence-corrected chi connectivity index (χ2v) is 19.2. The van der Waals surface area contributed by atoms with E-state index in [0.29, 0.717) is 38.8 Å². The molecule has 5 amide bonds. The minimum absolute atomic E-state index is 0.0573. The number of carbonyl (C=O) groups is 5. The molecule has 2 aliphatic heterocycles. The molecule has 282 valence electrons. The van der Waals surface area contributed by atoms with Crippen LogP contribution < -0.4 is 21.3 Å². The fourth-order valence-electron chi connectivity index (χ4n) is 8.72. The number of ketones is 1. The van der Waals surface area contributed by atoms with Crippen molar-refractivity contribution in [3.05, 3.63) is 12.7 Å². The monoisotopic (exact) mass is 720 g/mol. The van der Waals surface area contributed by atoms with Gasteiger partial charge in [-0.25, -0.2) is 17.5 Å². The molecule has 4 aliphatic rings. The number of piperidine rings is 1. The third-order valence-electron chi connectivity index (χ3n) is 12.0. The minimum atomic E-state index is -3.63. The van der Waals surface area contributed by atoms with Gasteiger partial charge in [0.05, 0.1) is 17.3 Å². The first-order chi connectivity index (χ1) is 23.2. The quantitative estimate of drug-likeness (QED) is 0.167. The smallest absolute Gasteiger partial charge is 0.315 e. The molecular weight excluding hydrogens is 660 g/mol. The molecule has 50 heavy (non-hydrogen) atoms. The second kappa shape index (κ2) is 14.9. The number of rotatable bonds is 13. The Labute approximate surface area is 298 Å². The number of sulfonamides is 1. The average molecular weight is 721 g/mol. The fraction of sp³-hybridized carbons (Fsp3) is 0.806. The predicted octanol–water partition coefficient (Wildman–Crippen LogP) is 2.71. The van der Waals surface area contributed by atoms with Gasteiger partial charge in [0.25, 0.3) is 5.91 Å². The van der Waals surface area contributed by atoms with E-state index in [-0.39, 0.29) is 36.1 Å². The molecule has 14 heteroatoms. The zero-order valence-electron chi connectivity index (χ0n) is 31.3. The third kappa shape index (κ3) is 7.90. The molecule has 4 N–H and O–H groups in total. The molecule has 0 aromatic carbocycles. The molecule has 0 bridgehead atoms. The van der Waals surface area contributed by atoms with E-state index in [1.54, 1.807) is 11.9 Å². The van der Waals surface area contributed by atoms with Crippen LogP contribution in [0.3, 0.4) is 0 Å². The van der Waals surface area contributed by atoms with Crippen molar-refractivity contribution in [3.8, 4) is 0 Å². The topological polar surface area (TPSA) is 174 Å². The van der Waals surface area contributed by atoms with Crippen LogP contribution in [0.1, 0.15) is 99.8 Å². The second-order valence-electron chi connectivity index (χ2n) is 16.9. The lowest BCUT2D eigenvalue weighted by Gasteiger charge is -2.43. The van der Waals surface area contributed by atoms with Crippen LogP contribution in [-0.2, 0) is 29.2 Å². The van der Waals surface area contributed by atoms with Crippen molar-refractivity contribution in [1.82, 2.24) is 30.5 Å². The average Bonchev–Trinajstić information content (AvgIpc) is 3.30. The number of nitrogens with one attached hydrogen (secondary N) is 4. The van der Waals surface area contributed by atoms with Crippen LogP contribution in [0.2, 0.25) is 0 Å². The number of nitrogens with zero attached hydrogens (tertiary/aromatic N) is 2. The molecule has 0 spiro atoms. The highest BCUT2D eigenvalue weighted by Crippen LogP contribution is 2.65. The van der Waals surface area contributed by atoms with Crippen LogP contribution in [0.5, 0.6) is 0 Å². The van der Waals surface area contributed by atoms with Gasteiger partial charge in [-0.15, -0.1) is 6.58 Å². The van der Waals surface area contributed by atoms with Crippen LogP contribution in [0, 0.1) is 28.1 Å². The van der Waals surface area contributed by atoms with Gasteiger partial charge in [-0.1, -0.05) is 80.2 Å². The molecule has 7 atom stereocenters. The third-order valence-corrected chi connectivity index (χ3v) is 14.3. The molecule has 4 rings (SSSR count). The number of Topliss-reactive ketones (excluding diaryl/α,β-unsaturated/α-hetero) is 1. The van der Waals surface area contributed by atoms with E-state index in [1.807, 2.05) is 34.6 Å². The van der Waals surface area contributed by atoms with Crippen LogP contribution in [-0.4, -0.2) is 103 Å². The standard InChI is InChI=1S/C36H60N6O7S/c1-10-15-23(27(43)31(45)37-19-11-2)38-30(44)26-25-22(35(25,6)7)21-42(26)32(46)29(36(8)17-13-12-14-18-36)40-33(47)39-28(34(3,4)5)24-16-20-41(9)50(24,48)49/h11,22-26,28-29H,2,10,12-21H2,1,3-9H3,(H,37,45)(H,38,44)(H2,39,40,47)/t22-,23?,24+,25-,26-,28+,29+/m0/s1. The van der Waals surface area contributed by atoms with Gasteiger partial charge >= 0.3 is 6.03 Å². The molecule has 2 aliphatic carbocycles. The van der Waals surface area contributed by atoms with Gasteiger partial charge in [0, 0.05) is 26.7 Å². The van der Waals surface area contributed by atoms with Gasteiger partial charge in [0.15, 0.2) is 0 Å². The highest BCUT2D eigenvalue weighted by Gasteiger charge is 2.70. The Bertz CT molecular complexity index is 1450. The molecule has 0 aromatic rings. The van der Waals surface area contributed by atoms with Crippen molar-refractivity contribution < 1.29 is 32.4 Å². The number of amides is 5. The lowest BCUT2D eigenvalue weighted by atomic mass is 9.70. The van der Waals surface area contributed by atoms with Crippen LogP contribution in [0.25, 0.3) is 0 Å². The Morgan fingerprint density at radius 3 is 2.18 bits per heavy atom. The number of hydrogen-bond acceptors (Lipinski definition) is 7. The summed E-state index contributed by atoms with van der Waals surface area (Å²) in [7, 11) is -2.08. The summed E-state index contributed by atoms with van der Waals surface area (Å²) in [5, 5.41) is 10.5. The number of likely N-dealkylation sites (tertiary alicyclic amines) is 1. The highest BCUT2D eigenvalue weighted by molar-refractivity contribution is 7.90. The highest BCUT2D eigenvalue weighted by atomic mass is 32.2. The Kier molecular flexibility index (Phi) is 11.9. The summed E-state index contributed by atoms with van der Waals surface area (Å²) in [6.45, 7) is 18.0. The molecule has 2 heterocycles. The minimum Gasteiger partial charge on any atom is -0.346 e. The molecule has 4 fully saturated rings. The van der Waals surface area contributed by atoms with Crippen molar-refractivity contribution in [1.29, 1.82) is 0 Å². The zero-order chi connectivity index (χ0) is 37.4.